The number of Topliss-reactive ketones (excluding diaryl/α,β-unsaturated/α-hetero) is 1. The number of nitrogens with zero attached hydrogens (tertiary/aromatic N) is 3. The van der Waals surface area contributed by atoms with Crippen LogP contribution < -0.4 is 0 Å². The Kier molecular flexibility index (Phi) is 3.89. The molecule has 1 aromatic rings. The molecule has 0 aromatic heterocycles. The normalized spacial score (nSPS) is 23.0. The van der Waals surface area contributed by atoms with Crippen LogP contribution in [-0.2, 0) is 4.79 Å². The van der Waals surface area contributed by atoms with Gasteiger partial charge < -0.3 is 9.80 Å². The van der Waals surface area contributed by atoms with Crippen molar-refractivity contribution >= 4 is 17.5 Å². The lowest BCUT2D eigenvalue weighted by molar-refractivity contribution is -0.384. The second kappa shape index (κ2) is 5.68. The van der Waals surface area contributed by atoms with E-state index in [0.717, 1.165) is 5.70 Å². The number of nitro groups is 1. The first-order chi connectivity index (χ1) is 11.6. The number of likely N-dealkylation sites (N-methyl/N-ethyl adjacent to an activating group) is 1. The molecule has 7 heteroatoms. The molecule has 0 fully saturated rings. The molecule has 2 amide bonds. The van der Waals surface area contributed by atoms with Crippen LogP contribution in [0.3, 0.4) is 0 Å². The number of urea groups is 1. The zero-order valence-corrected chi connectivity index (χ0v) is 14.8. The van der Waals surface area contributed by atoms with Gasteiger partial charge in [0.05, 0.1) is 11.0 Å². The fourth-order valence-electron chi connectivity index (χ4n) is 3.77. The molecule has 1 aromatic carbocycles. The minimum atomic E-state index is -0.595. The first-order valence-electron chi connectivity index (χ1n) is 8.13. The van der Waals surface area contributed by atoms with Gasteiger partial charge in [-0.25, -0.2) is 4.79 Å². The molecule has 3 rings (SSSR count). The van der Waals surface area contributed by atoms with E-state index in [4.69, 9.17) is 0 Å². The number of amides is 2. The van der Waals surface area contributed by atoms with Crippen molar-refractivity contribution in [3.8, 4) is 0 Å². The Bertz CT molecular complexity index is 812. The number of non-ortho nitro benzene ring substituents is 1. The predicted molar refractivity (Wildman–Crippen MR) is 91.8 cm³/mol. The molecule has 0 saturated carbocycles. The van der Waals surface area contributed by atoms with Gasteiger partial charge in [0.1, 0.15) is 0 Å². The highest BCUT2D eigenvalue weighted by atomic mass is 16.6. The molecule has 1 aliphatic heterocycles. The number of hydrogen-bond donors (Lipinski definition) is 0. The van der Waals surface area contributed by atoms with Crippen molar-refractivity contribution in [2.75, 3.05) is 14.1 Å². The van der Waals surface area contributed by atoms with Crippen molar-refractivity contribution in [1.82, 2.24) is 9.80 Å². The van der Waals surface area contributed by atoms with Crippen LogP contribution >= 0.6 is 0 Å². The average Bonchev–Trinajstić information content (AvgIpc) is 2.53. The standard InChI is InChI=1S/C18H21N3O4/c1-18(2)9-13-15(14(22)10-18)16(20(4)17(23)19(13)3)11-6-5-7-12(8-11)21(24)25/h5-8,16H,9-10H2,1-4H3. The molecule has 0 N–H and O–H groups in total. The van der Waals surface area contributed by atoms with Crippen LogP contribution in [0.4, 0.5) is 10.5 Å². The van der Waals surface area contributed by atoms with Crippen molar-refractivity contribution in [2.45, 2.75) is 32.7 Å². The van der Waals surface area contributed by atoms with Crippen molar-refractivity contribution in [2.24, 2.45) is 5.41 Å². The highest BCUT2D eigenvalue weighted by Crippen LogP contribution is 2.46. The molecule has 1 aliphatic carbocycles. The Balaban J connectivity index is 2.19. The summed E-state index contributed by atoms with van der Waals surface area (Å²) in [5.74, 6) is -0.00560. The second-order valence-corrected chi connectivity index (χ2v) is 7.51. The SMILES string of the molecule is CN1C(=O)N(C)C(c2cccc([N+](=O)[O-])c2)C2=C1CC(C)(C)CC2=O. The highest BCUT2D eigenvalue weighted by Gasteiger charge is 2.45. The summed E-state index contributed by atoms with van der Waals surface area (Å²) in [4.78, 5) is 39.2. The Hall–Kier alpha value is -2.70. The molecule has 25 heavy (non-hydrogen) atoms. The van der Waals surface area contributed by atoms with Gasteiger partial charge in [-0.1, -0.05) is 26.0 Å². The third-order valence-electron chi connectivity index (χ3n) is 4.95. The summed E-state index contributed by atoms with van der Waals surface area (Å²) in [6.07, 6.45) is 1.02. The Morgan fingerprint density at radius 1 is 1.20 bits per heavy atom. The van der Waals surface area contributed by atoms with Crippen LogP contribution in [0.2, 0.25) is 0 Å². The summed E-state index contributed by atoms with van der Waals surface area (Å²) in [5, 5.41) is 11.1. The lowest BCUT2D eigenvalue weighted by Gasteiger charge is -2.45. The lowest BCUT2D eigenvalue weighted by Crippen LogP contribution is -2.50. The average molecular weight is 343 g/mol. The molecule has 1 atom stereocenters. The zero-order chi connectivity index (χ0) is 18.5. The van der Waals surface area contributed by atoms with E-state index in [9.17, 15) is 19.7 Å². The third kappa shape index (κ3) is 2.79. The van der Waals surface area contributed by atoms with E-state index in [1.807, 2.05) is 13.8 Å². The van der Waals surface area contributed by atoms with Gasteiger partial charge in [-0.2, -0.15) is 0 Å². The van der Waals surface area contributed by atoms with Gasteiger partial charge in [-0.3, -0.25) is 14.9 Å². The summed E-state index contributed by atoms with van der Waals surface area (Å²) < 4.78 is 0. The minimum Gasteiger partial charge on any atom is -0.316 e. The summed E-state index contributed by atoms with van der Waals surface area (Å²) in [5.41, 5.74) is 1.61. The van der Waals surface area contributed by atoms with Gasteiger partial charge in [-0.15, -0.1) is 0 Å². The molecule has 2 aliphatic rings. The van der Waals surface area contributed by atoms with E-state index < -0.39 is 11.0 Å². The molecule has 0 saturated heterocycles. The van der Waals surface area contributed by atoms with Gasteiger partial charge in [-0.05, 0) is 17.4 Å². The van der Waals surface area contributed by atoms with E-state index in [2.05, 4.69) is 0 Å². The molecule has 0 spiro atoms. The Morgan fingerprint density at radius 3 is 2.52 bits per heavy atom. The fraction of sp³-hybridized carbons (Fsp3) is 0.444. The van der Waals surface area contributed by atoms with Crippen molar-refractivity contribution < 1.29 is 14.5 Å². The zero-order valence-electron chi connectivity index (χ0n) is 14.8. The number of hydrogen-bond acceptors (Lipinski definition) is 4. The number of carbonyl (C=O) groups is 2. The largest absolute Gasteiger partial charge is 0.324 e. The summed E-state index contributed by atoms with van der Waals surface area (Å²) in [6, 6.07) is 5.34. The van der Waals surface area contributed by atoms with Crippen LogP contribution in [0.5, 0.6) is 0 Å². The van der Waals surface area contributed by atoms with Crippen LogP contribution in [0.15, 0.2) is 35.5 Å². The lowest BCUT2D eigenvalue weighted by atomic mass is 9.72. The van der Waals surface area contributed by atoms with E-state index in [1.165, 1.54) is 21.9 Å². The molecule has 0 bridgehead atoms. The number of benzene rings is 1. The van der Waals surface area contributed by atoms with Crippen LogP contribution in [0.25, 0.3) is 0 Å². The first kappa shape index (κ1) is 17.1. The smallest absolute Gasteiger partial charge is 0.316 e. The monoisotopic (exact) mass is 343 g/mol. The quantitative estimate of drug-likeness (QED) is 0.609. The van der Waals surface area contributed by atoms with Crippen LogP contribution in [0.1, 0.15) is 38.3 Å². The number of allylic oxidation sites excluding steroid dienone is 1. The van der Waals surface area contributed by atoms with Crippen molar-refractivity contribution in [1.29, 1.82) is 0 Å². The number of nitro benzene ring substituents is 1. The number of ketones is 1. The van der Waals surface area contributed by atoms with Crippen LogP contribution in [-0.4, -0.2) is 40.6 Å². The topological polar surface area (TPSA) is 83.8 Å². The molecule has 7 nitrogen and oxygen atoms in total. The van der Waals surface area contributed by atoms with E-state index in [1.54, 1.807) is 26.2 Å². The van der Waals surface area contributed by atoms with Gasteiger partial charge in [0.15, 0.2) is 5.78 Å². The van der Waals surface area contributed by atoms with E-state index >= 15 is 0 Å². The van der Waals surface area contributed by atoms with Gasteiger partial charge in [0, 0.05) is 43.9 Å². The molecular weight excluding hydrogens is 322 g/mol. The van der Waals surface area contributed by atoms with Crippen LogP contribution in [0, 0.1) is 15.5 Å². The molecule has 1 heterocycles. The van der Waals surface area contributed by atoms with Gasteiger partial charge >= 0.3 is 6.03 Å². The molecule has 1 unspecified atom stereocenters. The van der Waals surface area contributed by atoms with Gasteiger partial charge in [0.2, 0.25) is 0 Å². The number of rotatable bonds is 2. The maximum Gasteiger partial charge on any atom is 0.324 e. The second-order valence-electron chi connectivity index (χ2n) is 7.51. The maximum atomic E-state index is 12.9. The summed E-state index contributed by atoms with van der Waals surface area (Å²) in [6.45, 7) is 4.02. The van der Waals surface area contributed by atoms with Crippen molar-refractivity contribution in [3.63, 3.8) is 0 Å². The Morgan fingerprint density at radius 2 is 1.88 bits per heavy atom. The maximum absolute atomic E-state index is 12.9. The molecule has 132 valence electrons. The molecule has 0 radical (unpaired) electrons. The Labute approximate surface area is 146 Å². The van der Waals surface area contributed by atoms with E-state index in [-0.39, 0.29) is 22.9 Å². The highest BCUT2D eigenvalue weighted by molar-refractivity contribution is 6.01. The minimum absolute atomic E-state index is 0.00560. The fourth-order valence-corrected chi connectivity index (χ4v) is 3.77. The van der Waals surface area contributed by atoms with E-state index in [0.29, 0.717) is 24.0 Å². The predicted octanol–water partition coefficient (Wildman–Crippen LogP) is 3.28. The number of carbonyl (C=O) groups excluding carboxylic acids is 2. The summed E-state index contributed by atoms with van der Waals surface area (Å²) >= 11 is 0. The third-order valence-corrected chi connectivity index (χ3v) is 4.95. The molecular formula is C18H21N3O4. The first-order valence-corrected chi connectivity index (χ1v) is 8.13. The van der Waals surface area contributed by atoms with Crippen molar-refractivity contribution in [3.05, 3.63) is 51.2 Å². The summed E-state index contributed by atoms with van der Waals surface area (Å²) in [7, 11) is 3.30. The van der Waals surface area contributed by atoms with Gasteiger partial charge in [0.25, 0.3) is 5.69 Å².